The van der Waals surface area contributed by atoms with Gasteiger partial charge in [-0.25, -0.2) is 0 Å². The maximum atomic E-state index is 3.37. The van der Waals surface area contributed by atoms with Crippen molar-refractivity contribution in [3.05, 3.63) is 0 Å². The van der Waals surface area contributed by atoms with Crippen LogP contribution in [0.2, 0.25) is 0 Å². The first kappa shape index (κ1) is 7.03. The molecule has 1 rings (SSSR count). The summed E-state index contributed by atoms with van der Waals surface area (Å²) in [7, 11) is 0. The fourth-order valence-electron chi connectivity index (χ4n) is 1.12. The van der Waals surface area contributed by atoms with Crippen LogP contribution in [-0.2, 0) is 0 Å². The molecule has 0 aromatic carbocycles. The van der Waals surface area contributed by atoms with E-state index in [4.69, 9.17) is 0 Å². The Morgan fingerprint density at radius 3 is 2.33 bits per heavy atom. The summed E-state index contributed by atoms with van der Waals surface area (Å²) < 4.78 is 0. The Bertz CT molecular complexity index is 75.0. The highest BCUT2D eigenvalue weighted by atomic mass is 15.1. The summed E-state index contributed by atoms with van der Waals surface area (Å²) in [6.45, 7) is 6.77. The van der Waals surface area contributed by atoms with Crippen molar-refractivity contribution in [3.63, 3.8) is 0 Å². The van der Waals surface area contributed by atoms with E-state index in [2.05, 4.69) is 24.5 Å². The molecule has 0 spiro atoms. The quantitative estimate of drug-likeness (QED) is 0.539. The molecule has 0 amide bonds. The molecule has 0 bridgehead atoms. The Labute approximate surface area is 57.0 Å². The van der Waals surface area contributed by atoms with Crippen LogP contribution in [0.1, 0.15) is 20.3 Å². The first-order valence-corrected chi connectivity index (χ1v) is 3.79. The summed E-state index contributed by atoms with van der Waals surface area (Å²) in [4.78, 5) is 0. The lowest BCUT2D eigenvalue weighted by Gasteiger charge is -2.27. The van der Waals surface area contributed by atoms with Gasteiger partial charge in [0.2, 0.25) is 0 Å². The molecule has 1 aliphatic heterocycles. The van der Waals surface area contributed by atoms with Crippen LogP contribution in [0.25, 0.3) is 0 Å². The van der Waals surface area contributed by atoms with Crippen molar-refractivity contribution in [1.82, 2.24) is 10.6 Å². The van der Waals surface area contributed by atoms with Gasteiger partial charge in [0, 0.05) is 13.1 Å². The SMILES string of the molecule is CCC1CNC(C)NC1. The van der Waals surface area contributed by atoms with Crippen molar-refractivity contribution < 1.29 is 0 Å². The van der Waals surface area contributed by atoms with E-state index in [1.807, 2.05) is 0 Å². The van der Waals surface area contributed by atoms with Crippen LogP contribution in [-0.4, -0.2) is 19.3 Å². The maximum absolute atomic E-state index is 3.37. The van der Waals surface area contributed by atoms with Crippen molar-refractivity contribution in [2.24, 2.45) is 5.92 Å². The van der Waals surface area contributed by atoms with Gasteiger partial charge in [0.15, 0.2) is 0 Å². The van der Waals surface area contributed by atoms with Gasteiger partial charge in [-0.2, -0.15) is 0 Å². The first-order valence-electron chi connectivity index (χ1n) is 3.79. The first-order chi connectivity index (χ1) is 4.33. The van der Waals surface area contributed by atoms with Gasteiger partial charge in [-0.05, 0) is 12.8 Å². The molecule has 54 valence electrons. The number of nitrogens with one attached hydrogen (secondary N) is 2. The van der Waals surface area contributed by atoms with Gasteiger partial charge in [-0.1, -0.05) is 13.3 Å². The van der Waals surface area contributed by atoms with E-state index >= 15 is 0 Å². The van der Waals surface area contributed by atoms with Crippen LogP contribution in [0.5, 0.6) is 0 Å². The fourth-order valence-corrected chi connectivity index (χ4v) is 1.12. The number of rotatable bonds is 1. The average molecular weight is 128 g/mol. The van der Waals surface area contributed by atoms with Gasteiger partial charge >= 0.3 is 0 Å². The summed E-state index contributed by atoms with van der Waals surface area (Å²) in [6.07, 6.45) is 1.81. The Morgan fingerprint density at radius 2 is 1.89 bits per heavy atom. The van der Waals surface area contributed by atoms with Gasteiger partial charge in [0.1, 0.15) is 0 Å². The summed E-state index contributed by atoms with van der Waals surface area (Å²) in [6, 6.07) is 0. The monoisotopic (exact) mass is 128 g/mol. The molecule has 2 N–H and O–H groups in total. The highest BCUT2D eigenvalue weighted by molar-refractivity contribution is 4.72. The molecule has 0 saturated carbocycles. The molecule has 1 saturated heterocycles. The third-order valence-electron chi connectivity index (χ3n) is 2.00. The Balaban J connectivity index is 2.18. The minimum Gasteiger partial charge on any atom is -0.302 e. The van der Waals surface area contributed by atoms with Crippen molar-refractivity contribution in [2.45, 2.75) is 26.4 Å². The second-order valence-corrected chi connectivity index (χ2v) is 2.81. The maximum Gasteiger partial charge on any atom is 0.0542 e. The lowest BCUT2D eigenvalue weighted by Crippen LogP contribution is -2.50. The predicted molar refractivity (Wildman–Crippen MR) is 39.2 cm³/mol. The normalized spacial score (nSPS) is 36.7. The number of hydrogen-bond acceptors (Lipinski definition) is 2. The molecule has 0 aliphatic carbocycles. The second-order valence-electron chi connectivity index (χ2n) is 2.81. The molecular formula is C7H16N2. The minimum absolute atomic E-state index is 0.521. The highest BCUT2D eigenvalue weighted by Gasteiger charge is 2.13. The molecule has 0 unspecified atom stereocenters. The topological polar surface area (TPSA) is 24.1 Å². The summed E-state index contributed by atoms with van der Waals surface area (Å²) in [5.74, 6) is 0.848. The molecule has 9 heavy (non-hydrogen) atoms. The summed E-state index contributed by atoms with van der Waals surface area (Å²) >= 11 is 0. The van der Waals surface area contributed by atoms with Crippen LogP contribution < -0.4 is 10.6 Å². The van der Waals surface area contributed by atoms with Crippen molar-refractivity contribution >= 4 is 0 Å². The molecule has 1 heterocycles. The van der Waals surface area contributed by atoms with E-state index in [-0.39, 0.29) is 0 Å². The lowest BCUT2D eigenvalue weighted by molar-refractivity contribution is 0.304. The Hall–Kier alpha value is -0.0800. The number of hydrogen-bond donors (Lipinski definition) is 2. The lowest BCUT2D eigenvalue weighted by atomic mass is 10.1. The minimum atomic E-state index is 0.521. The zero-order valence-electron chi connectivity index (χ0n) is 6.28. The summed E-state index contributed by atoms with van der Waals surface area (Å²) in [5, 5.41) is 6.74. The van der Waals surface area contributed by atoms with E-state index in [0.717, 1.165) is 5.92 Å². The molecule has 2 nitrogen and oxygen atoms in total. The van der Waals surface area contributed by atoms with Crippen LogP contribution in [0.3, 0.4) is 0 Å². The van der Waals surface area contributed by atoms with Gasteiger partial charge in [-0.15, -0.1) is 0 Å². The Kier molecular flexibility index (Phi) is 2.49. The molecule has 0 radical (unpaired) electrons. The largest absolute Gasteiger partial charge is 0.302 e. The molecule has 1 aliphatic rings. The second kappa shape index (κ2) is 3.18. The average Bonchev–Trinajstić information content (AvgIpc) is 1.90. The van der Waals surface area contributed by atoms with E-state index in [1.54, 1.807) is 0 Å². The molecule has 1 fully saturated rings. The van der Waals surface area contributed by atoms with Gasteiger partial charge < -0.3 is 10.6 Å². The van der Waals surface area contributed by atoms with Gasteiger partial charge in [-0.3, -0.25) is 0 Å². The van der Waals surface area contributed by atoms with Crippen LogP contribution >= 0.6 is 0 Å². The predicted octanol–water partition coefficient (Wildman–Crippen LogP) is 0.551. The highest BCUT2D eigenvalue weighted by Crippen LogP contribution is 2.02. The fraction of sp³-hybridized carbons (Fsp3) is 1.00. The molecular weight excluding hydrogens is 112 g/mol. The molecule has 0 aromatic rings. The van der Waals surface area contributed by atoms with Crippen LogP contribution in [0.15, 0.2) is 0 Å². The van der Waals surface area contributed by atoms with Crippen molar-refractivity contribution in [1.29, 1.82) is 0 Å². The van der Waals surface area contributed by atoms with E-state index < -0.39 is 0 Å². The molecule has 0 atom stereocenters. The zero-order valence-corrected chi connectivity index (χ0v) is 6.28. The molecule has 0 aromatic heterocycles. The standard InChI is InChI=1S/C7H16N2/c1-3-7-4-8-6(2)9-5-7/h6-9H,3-5H2,1-2H3. The summed E-state index contributed by atoms with van der Waals surface area (Å²) in [5.41, 5.74) is 0. The Morgan fingerprint density at radius 1 is 1.33 bits per heavy atom. The van der Waals surface area contributed by atoms with Gasteiger partial charge in [0.25, 0.3) is 0 Å². The van der Waals surface area contributed by atoms with Gasteiger partial charge in [0.05, 0.1) is 6.17 Å². The van der Waals surface area contributed by atoms with Crippen LogP contribution in [0, 0.1) is 5.92 Å². The van der Waals surface area contributed by atoms with E-state index in [1.165, 1.54) is 19.5 Å². The third kappa shape index (κ3) is 1.95. The van der Waals surface area contributed by atoms with E-state index in [9.17, 15) is 0 Å². The molecule has 2 heteroatoms. The van der Waals surface area contributed by atoms with Crippen LogP contribution in [0.4, 0.5) is 0 Å². The van der Waals surface area contributed by atoms with Crippen molar-refractivity contribution in [2.75, 3.05) is 13.1 Å². The zero-order chi connectivity index (χ0) is 6.69. The van der Waals surface area contributed by atoms with E-state index in [0.29, 0.717) is 6.17 Å². The van der Waals surface area contributed by atoms with Crippen molar-refractivity contribution in [3.8, 4) is 0 Å². The smallest absolute Gasteiger partial charge is 0.0542 e. The third-order valence-corrected chi connectivity index (χ3v) is 2.00.